The van der Waals surface area contributed by atoms with Crippen molar-refractivity contribution >= 4 is 11.8 Å². The third-order valence-electron chi connectivity index (χ3n) is 4.15. The van der Waals surface area contributed by atoms with Gasteiger partial charge in [0.1, 0.15) is 5.82 Å². The van der Waals surface area contributed by atoms with Gasteiger partial charge in [0.05, 0.1) is 21.3 Å². The molecule has 0 heterocycles. The van der Waals surface area contributed by atoms with Crippen molar-refractivity contribution in [2.24, 2.45) is 0 Å². The molecule has 0 fully saturated rings. The van der Waals surface area contributed by atoms with Crippen molar-refractivity contribution in [1.29, 1.82) is 0 Å². The molecular weight excluding hydrogens is 367 g/mol. The zero-order chi connectivity index (χ0) is 20.7. The van der Waals surface area contributed by atoms with E-state index in [2.05, 4.69) is 0 Å². The van der Waals surface area contributed by atoms with E-state index in [1.807, 2.05) is 0 Å². The molecule has 28 heavy (non-hydrogen) atoms. The number of Topliss-reactive ketones (excluding diaryl/α,β-unsaturated/α-hetero) is 1. The topological polar surface area (TPSA) is 71.1 Å². The van der Waals surface area contributed by atoms with Crippen LogP contribution >= 0.6 is 0 Å². The Labute approximate surface area is 163 Å². The van der Waals surface area contributed by atoms with Crippen LogP contribution < -0.4 is 14.2 Å². The van der Waals surface area contributed by atoms with E-state index >= 15 is 0 Å². The van der Waals surface area contributed by atoms with Crippen molar-refractivity contribution < 1.29 is 32.9 Å². The molecule has 0 saturated heterocycles. The van der Waals surface area contributed by atoms with E-state index in [4.69, 9.17) is 18.9 Å². The fourth-order valence-electron chi connectivity index (χ4n) is 2.68. The van der Waals surface area contributed by atoms with Crippen LogP contribution in [0.5, 0.6) is 17.2 Å². The first-order valence-corrected chi connectivity index (χ1v) is 8.67. The van der Waals surface area contributed by atoms with Gasteiger partial charge in [-0.1, -0.05) is 0 Å². The molecule has 0 saturated carbocycles. The zero-order valence-electron chi connectivity index (χ0n) is 16.3. The van der Waals surface area contributed by atoms with Gasteiger partial charge in [0, 0.05) is 12.0 Å². The molecule has 0 unspecified atom stereocenters. The summed E-state index contributed by atoms with van der Waals surface area (Å²) in [4.78, 5) is 24.4. The quantitative estimate of drug-likeness (QED) is 0.481. The van der Waals surface area contributed by atoms with Crippen molar-refractivity contribution in [3.05, 3.63) is 53.3 Å². The summed E-state index contributed by atoms with van der Waals surface area (Å²) in [5.74, 6) is 0.106. The van der Waals surface area contributed by atoms with Crippen LogP contribution in [-0.2, 0) is 16.0 Å². The minimum atomic E-state index is -0.960. The van der Waals surface area contributed by atoms with Crippen molar-refractivity contribution in [2.45, 2.75) is 25.9 Å². The summed E-state index contributed by atoms with van der Waals surface area (Å²) in [6.07, 6.45) is -0.523. The molecule has 1 atom stereocenters. The Kier molecular flexibility index (Phi) is 7.37. The molecule has 150 valence electrons. The molecule has 0 aromatic heterocycles. The highest BCUT2D eigenvalue weighted by Crippen LogP contribution is 2.38. The standard InChI is InChI=1S/C21H23FO6/c1-13(20(24)15-6-8-16(22)9-7-15)28-19(23)10-5-14-11-17(25-2)21(27-4)18(12-14)26-3/h6-9,11-13H,5,10H2,1-4H3/t13-/m1/s1. The Morgan fingerprint density at radius 3 is 2.04 bits per heavy atom. The highest BCUT2D eigenvalue weighted by atomic mass is 19.1. The van der Waals surface area contributed by atoms with E-state index in [9.17, 15) is 14.0 Å². The number of rotatable bonds is 9. The molecule has 0 radical (unpaired) electrons. The third-order valence-corrected chi connectivity index (χ3v) is 4.15. The van der Waals surface area contributed by atoms with Crippen LogP contribution in [0.25, 0.3) is 0 Å². The Hall–Kier alpha value is -3.09. The molecular formula is C21H23FO6. The maximum Gasteiger partial charge on any atom is 0.306 e. The van der Waals surface area contributed by atoms with Gasteiger partial charge in [0.2, 0.25) is 11.5 Å². The minimum absolute atomic E-state index is 0.0691. The molecule has 2 aromatic carbocycles. The average molecular weight is 390 g/mol. The third kappa shape index (κ3) is 5.22. The molecule has 0 amide bonds. The monoisotopic (exact) mass is 390 g/mol. The van der Waals surface area contributed by atoms with Crippen LogP contribution in [0.1, 0.15) is 29.3 Å². The molecule has 7 heteroatoms. The van der Waals surface area contributed by atoms with Crippen LogP contribution in [0.4, 0.5) is 4.39 Å². The first-order chi connectivity index (χ1) is 13.4. The molecule has 0 bridgehead atoms. The largest absolute Gasteiger partial charge is 0.493 e. The van der Waals surface area contributed by atoms with E-state index in [0.29, 0.717) is 23.7 Å². The summed E-state index contributed by atoms with van der Waals surface area (Å²) >= 11 is 0. The molecule has 0 N–H and O–H groups in total. The number of esters is 1. The van der Waals surface area contributed by atoms with Crippen molar-refractivity contribution in [2.75, 3.05) is 21.3 Å². The van der Waals surface area contributed by atoms with E-state index in [1.165, 1.54) is 52.5 Å². The van der Waals surface area contributed by atoms with Gasteiger partial charge in [-0.25, -0.2) is 4.39 Å². The van der Waals surface area contributed by atoms with E-state index in [-0.39, 0.29) is 17.8 Å². The minimum Gasteiger partial charge on any atom is -0.493 e. The van der Waals surface area contributed by atoms with E-state index in [1.54, 1.807) is 12.1 Å². The van der Waals surface area contributed by atoms with Gasteiger partial charge >= 0.3 is 5.97 Å². The fourth-order valence-corrected chi connectivity index (χ4v) is 2.68. The highest BCUT2D eigenvalue weighted by molar-refractivity contribution is 6.00. The van der Waals surface area contributed by atoms with E-state index in [0.717, 1.165) is 5.56 Å². The Morgan fingerprint density at radius 1 is 0.964 bits per heavy atom. The number of benzene rings is 2. The molecule has 0 aliphatic rings. The number of ketones is 1. The van der Waals surface area contributed by atoms with Crippen molar-refractivity contribution in [3.8, 4) is 17.2 Å². The summed E-state index contributed by atoms with van der Waals surface area (Å²) in [5.41, 5.74) is 1.08. The number of carbonyl (C=O) groups is 2. The normalized spacial score (nSPS) is 11.5. The molecule has 2 rings (SSSR count). The molecule has 6 nitrogen and oxygen atoms in total. The second kappa shape index (κ2) is 9.73. The number of aryl methyl sites for hydroxylation is 1. The van der Waals surface area contributed by atoms with Crippen molar-refractivity contribution in [1.82, 2.24) is 0 Å². The lowest BCUT2D eigenvalue weighted by atomic mass is 10.1. The first-order valence-electron chi connectivity index (χ1n) is 8.67. The molecule has 0 aliphatic heterocycles. The van der Waals surface area contributed by atoms with Gasteiger partial charge in [-0.3, -0.25) is 9.59 Å². The molecule has 0 aliphatic carbocycles. The van der Waals surface area contributed by atoms with Crippen LogP contribution in [-0.4, -0.2) is 39.2 Å². The molecule has 2 aromatic rings. The fraction of sp³-hybridized carbons (Fsp3) is 0.333. The van der Waals surface area contributed by atoms with E-state index < -0.39 is 17.9 Å². The number of hydrogen-bond donors (Lipinski definition) is 0. The smallest absolute Gasteiger partial charge is 0.306 e. The maximum absolute atomic E-state index is 13.0. The number of hydrogen-bond acceptors (Lipinski definition) is 6. The predicted octanol–water partition coefficient (Wildman–Crippen LogP) is 3.60. The van der Waals surface area contributed by atoms with Crippen LogP contribution in [0.3, 0.4) is 0 Å². The average Bonchev–Trinajstić information content (AvgIpc) is 2.71. The number of carbonyl (C=O) groups excluding carboxylic acids is 2. The van der Waals surface area contributed by atoms with Crippen molar-refractivity contribution in [3.63, 3.8) is 0 Å². The van der Waals surface area contributed by atoms with Gasteiger partial charge in [0.15, 0.2) is 17.6 Å². The van der Waals surface area contributed by atoms with Crippen LogP contribution in [0.15, 0.2) is 36.4 Å². The SMILES string of the molecule is COc1cc(CCC(=O)O[C@H](C)C(=O)c2ccc(F)cc2)cc(OC)c1OC. The lowest BCUT2D eigenvalue weighted by molar-refractivity contribution is -0.146. The van der Waals surface area contributed by atoms with Gasteiger partial charge in [-0.05, 0) is 55.3 Å². The second-order valence-corrected chi connectivity index (χ2v) is 6.04. The lowest BCUT2D eigenvalue weighted by Gasteiger charge is -2.15. The summed E-state index contributed by atoms with van der Waals surface area (Å²) in [5, 5.41) is 0. The Morgan fingerprint density at radius 2 is 1.54 bits per heavy atom. The predicted molar refractivity (Wildman–Crippen MR) is 101 cm³/mol. The molecule has 0 spiro atoms. The second-order valence-electron chi connectivity index (χ2n) is 6.04. The van der Waals surface area contributed by atoms with Gasteiger partial charge in [0.25, 0.3) is 0 Å². The van der Waals surface area contributed by atoms with Crippen LogP contribution in [0, 0.1) is 5.82 Å². The van der Waals surface area contributed by atoms with Crippen LogP contribution in [0.2, 0.25) is 0 Å². The number of halogens is 1. The lowest BCUT2D eigenvalue weighted by Crippen LogP contribution is -2.24. The number of methoxy groups -OCH3 is 3. The Bertz CT molecular complexity index is 806. The van der Waals surface area contributed by atoms with Gasteiger partial charge < -0.3 is 18.9 Å². The summed E-state index contributed by atoms with van der Waals surface area (Å²) < 4.78 is 34.0. The first kappa shape index (κ1) is 21.2. The van der Waals surface area contributed by atoms with Gasteiger partial charge in [-0.2, -0.15) is 0 Å². The summed E-state index contributed by atoms with van der Waals surface area (Å²) in [6.45, 7) is 1.49. The number of ether oxygens (including phenoxy) is 4. The summed E-state index contributed by atoms with van der Waals surface area (Å²) in [6, 6.07) is 8.59. The maximum atomic E-state index is 13.0. The summed E-state index contributed by atoms with van der Waals surface area (Å²) in [7, 11) is 4.53. The van der Waals surface area contributed by atoms with Gasteiger partial charge in [-0.15, -0.1) is 0 Å². The highest BCUT2D eigenvalue weighted by Gasteiger charge is 2.20. The zero-order valence-corrected chi connectivity index (χ0v) is 16.3. The Balaban J connectivity index is 1.98.